The van der Waals surface area contributed by atoms with Gasteiger partial charge < -0.3 is 10.5 Å². The fraction of sp³-hybridized carbons (Fsp3) is 0.214. The van der Waals surface area contributed by atoms with Gasteiger partial charge in [-0.2, -0.15) is 0 Å². The van der Waals surface area contributed by atoms with E-state index in [-0.39, 0.29) is 17.5 Å². The lowest BCUT2D eigenvalue weighted by atomic mass is 10.0. The van der Waals surface area contributed by atoms with Crippen molar-refractivity contribution in [3.8, 4) is 11.1 Å². The minimum Gasteiger partial charge on any atom is -0.459 e. The topological polar surface area (TPSA) is 52.3 Å². The summed E-state index contributed by atoms with van der Waals surface area (Å²) in [6.45, 7) is 3.51. The van der Waals surface area contributed by atoms with Gasteiger partial charge in [0.2, 0.25) is 0 Å². The molecule has 0 saturated carbocycles. The lowest BCUT2D eigenvalue weighted by Crippen LogP contribution is -2.13. The molecule has 0 radical (unpaired) electrons. The summed E-state index contributed by atoms with van der Waals surface area (Å²) in [6.07, 6.45) is -0.250. The number of carbonyl (C=O) groups is 1. The Bertz CT molecular complexity index is 607. The molecule has 0 fully saturated rings. The number of nitrogen functional groups attached to an aromatic ring is 1. The van der Waals surface area contributed by atoms with E-state index in [4.69, 9.17) is 10.5 Å². The summed E-state index contributed by atoms with van der Waals surface area (Å²) < 4.78 is 18.9. The summed E-state index contributed by atoms with van der Waals surface area (Å²) in [5.74, 6) is -0.911. The maximum Gasteiger partial charge on any atom is 0.342 e. The fourth-order valence-electron chi connectivity index (χ4n) is 1.73. The lowest BCUT2D eigenvalue weighted by molar-refractivity contribution is 0.0380. The highest BCUT2D eigenvalue weighted by Gasteiger charge is 2.22. The van der Waals surface area contributed by atoms with Gasteiger partial charge in [-0.1, -0.05) is 18.2 Å². The van der Waals surface area contributed by atoms with Gasteiger partial charge in [-0.15, -0.1) is 11.3 Å². The van der Waals surface area contributed by atoms with E-state index in [0.29, 0.717) is 16.1 Å². The van der Waals surface area contributed by atoms with Crippen LogP contribution in [0.25, 0.3) is 11.1 Å². The third kappa shape index (κ3) is 2.76. The highest BCUT2D eigenvalue weighted by Crippen LogP contribution is 2.35. The van der Waals surface area contributed by atoms with Crippen LogP contribution in [-0.4, -0.2) is 12.1 Å². The van der Waals surface area contributed by atoms with Gasteiger partial charge in [-0.3, -0.25) is 0 Å². The monoisotopic (exact) mass is 279 g/mol. The minimum atomic E-state index is -0.521. The number of hydrogen-bond acceptors (Lipinski definition) is 4. The summed E-state index contributed by atoms with van der Waals surface area (Å²) in [6, 6.07) is 6.27. The van der Waals surface area contributed by atoms with Crippen molar-refractivity contribution in [1.82, 2.24) is 0 Å². The van der Waals surface area contributed by atoms with Crippen LogP contribution in [-0.2, 0) is 4.74 Å². The molecular formula is C14H14FNO2S. The van der Waals surface area contributed by atoms with Gasteiger partial charge in [0.15, 0.2) is 0 Å². The van der Waals surface area contributed by atoms with Gasteiger partial charge in [0.25, 0.3) is 0 Å². The smallest absolute Gasteiger partial charge is 0.342 e. The molecular weight excluding hydrogens is 265 g/mol. The standard InChI is InChI=1S/C14H14FNO2S/c1-8(2)18-14(17)12-10(7-19-13(12)16)9-5-3-4-6-11(9)15/h3-8H,16H2,1-2H3. The van der Waals surface area contributed by atoms with E-state index in [2.05, 4.69) is 0 Å². The summed E-state index contributed by atoms with van der Waals surface area (Å²) in [7, 11) is 0. The third-order valence-corrected chi connectivity index (χ3v) is 3.34. The Hall–Kier alpha value is -1.88. The van der Waals surface area contributed by atoms with E-state index < -0.39 is 5.97 Å². The van der Waals surface area contributed by atoms with Crippen LogP contribution in [0.3, 0.4) is 0 Å². The second-order valence-corrected chi connectivity index (χ2v) is 5.23. The molecule has 0 atom stereocenters. The highest BCUT2D eigenvalue weighted by molar-refractivity contribution is 7.14. The average molecular weight is 279 g/mol. The first-order valence-corrected chi connectivity index (χ1v) is 6.71. The minimum absolute atomic E-state index is 0.240. The van der Waals surface area contributed by atoms with Crippen LogP contribution in [0.2, 0.25) is 0 Å². The van der Waals surface area contributed by atoms with Crippen molar-refractivity contribution in [2.75, 3.05) is 5.73 Å². The second-order valence-electron chi connectivity index (χ2n) is 4.32. The summed E-state index contributed by atoms with van der Waals surface area (Å²) in [5, 5.41) is 2.01. The third-order valence-electron chi connectivity index (χ3n) is 2.53. The van der Waals surface area contributed by atoms with Crippen LogP contribution < -0.4 is 5.73 Å². The van der Waals surface area contributed by atoms with Gasteiger partial charge in [0.1, 0.15) is 16.4 Å². The second kappa shape index (κ2) is 5.40. The number of halogens is 1. The molecule has 2 N–H and O–H groups in total. The van der Waals surface area contributed by atoms with Crippen LogP contribution in [0.4, 0.5) is 9.39 Å². The first kappa shape index (κ1) is 13.5. The Morgan fingerprint density at radius 3 is 2.63 bits per heavy atom. The predicted molar refractivity (Wildman–Crippen MR) is 74.7 cm³/mol. The number of esters is 1. The predicted octanol–water partition coefficient (Wildman–Crippen LogP) is 3.70. The molecule has 1 aromatic carbocycles. The zero-order valence-electron chi connectivity index (χ0n) is 10.6. The number of rotatable bonds is 3. The molecule has 2 rings (SSSR count). The van der Waals surface area contributed by atoms with Crippen molar-refractivity contribution in [2.45, 2.75) is 20.0 Å². The zero-order chi connectivity index (χ0) is 14.0. The molecule has 19 heavy (non-hydrogen) atoms. The Morgan fingerprint density at radius 2 is 2.00 bits per heavy atom. The van der Waals surface area contributed by atoms with Crippen LogP contribution in [0.15, 0.2) is 29.6 Å². The Kier molecular flexibility index (Phi) is 3.85. The molecule has 2 aromatic rings. The summed E-state index contributed by atoms with van der Waals surface area (Å²) in [5.41, 5.74) is 6.87. The number of nitrogens with two attached hydrogens (primary N) is 1. The van der Waals surface area contributed by atoms with Crippen molar-refractivity contribution in [2.24, 2.45) is 0 Å². The van der Waals surface area contributed by atoms with Gasteiger partial charge >= 0.3 is 5.97 Å². The van der Waals surface area contributed by atoms with E-state index in [1.807, 2.05) is 0 Å². The van der Waals surface area contributed by atoms with E-state index in [1.165, 1.54) is 17.4 Å². The van der Waals surface area contributed by atoms with Crippen molar-refractivity contribution in [1.29, 1.82) is 0 Å². The van der Waals surface area contributed by atoms with E-state index in [0.717, 1.165) is 0 Å². The van der Waals surface area contributed by atoms with Gasteiger partial charge in [0.05, 0.1) is 6.10 Å². The first-order chi connectivity index (χ1) is 9.00. The zero-order valence-corrected chi connectivity index (χ0v) is 11.5. The summed E-state index contributed by atoms with van der Waals surface area (Å²) in [4.78, 5) is 12.0. The Balaban J connectivity index is 2.49. The Labute approximate surface area is 114 Å². The number of thiophene rings is 1. The van der Waals surface area contributed by atoms with E-state index in [9.17, 15) is 9.18 Å². The van der Waals surface area contributed by atoms with Crippen molar-refractivity contribution < 1.29 is 13.9 Å². The van der Waals surface area contributed by atoms with Crippen LogP contribution in [0.1, 0.15) is 24.2 Å². The molecule has 1 heterocycles. The van der Waals surface area contributed by atoms with Gasteiger partial charge in [0, 0.05) is 16.5 Å². The summed E-state index contributed by atoms with van der Waals surface area (Å²) >= 11 is 1.20. The quantitative estimate of drug-likeness (QED) is 0.871. The average Bonchev–Trinajstić information content (AvgIpc) is 2.70. The number of anilines is 1. The van der Waals surface area contributed by atoms with Crippen molar-refractivity contribution in [3.63, 3.8) is 0 Å². The largest absolute Gasteiger partial charge is 0.459 e. The SMILES string of the molecule is CC(C)OC(=O)c1c(-c2ccccc2F)csc1N. The first-order valence-electron chi connectivity index (χ1n) is 5.83. The molecule has 0 saturated heterocycles. The Morgan fingerprint density at radius 1 is 1.32 bits per heavy atom. The van der Waals surface area contributed by atoms with Crippen LogP contribution in [0, 0.1) is 5.82 Å². The number of hydrogen-bond donors (Lipinski definition) is 1. The number of carbonyl (C=O) groups excluding carboxylic acids is 1. The van der Waals surface area contributed by atoms with E-state index in [1.54, 1.807) is 37.4 Å². The molecule has 3 nitrogen and oxygen atoms in total. The molecule has 1 aromatic heterocycles. The maximum atomic E-state index is 13.8. The fourth-order valence-corrected chi connectivity index (χ4v) is 2.54. The molecule has 0 aliphatic heterocycles. The highest BCUT2D eigenvalue weighted by atomic mass is 32.1. The van der Waals surface area contributed by atoms with Crippen molar-refractivity contribution in [3.05, 3.63) is 41.0 Å². The number of ether oxygens (including phenoxy) is 1. The molecule has 100 valence electrons. The molecule has 5 heteroatoms. The normalized spacial score (nSPS) is 10.7. The molecule has 0 unspecified atom stereocenters. The lowest BCUT2D eigenvalue weighted by Gasteiger charge is -2.10. The maximum absolute atomic E-state index is 13.8. The van der Waals surface area contributed by atoms with Crippen molar-refractivity contribution >= 4 is 22.3 Å². The van der Waals surface area contributed by atoms with E-state index >= 15 is 0 Å². The van der Waals surface area contributed by atoms with Crippen LogP contribution >= 0.6 is 11.3 Å². The molecule has 0 bridgehead atoms. The molecule has 0 spiro atoms. The molecule has 0 amide bonds. The number of benzene rings is 1. The van der Waals surface area contributed by atoms with Crippen LogP contribution in [0.5, 0.6) is 0 Å². The van der Waals surface area contributed by atoms with Gasteiger partial charge in [-0.25, -0.2) is 9.18 Å². The van der Waals surface area contributed by atoms with Gasteiger partial charge in [-0.05, 0) is 19.9 Å². The molecule has 0 aliphatic carbocycles. The molecule has 0 aliphatic rings.